The molecule has 0 radical (unpaired) electrons. The van der Waals surface area contributed by atoms with E-state index in [2.05, 4.69) is 144 Å². The number of hydrogen-bond acceptors (Lipinski definition) is 4. The van der Waals surface area contributed by atoms with Crippen molar-refractivity contribution in [3.8, 4) is 16.8 Å². The first-order valence-electron chi connectivity index (χ1n) is 16.7. The molecule has 0 atom stereocenters. The average molecular weight is 660 g/mol. The molecule has 0 saturated carbocycles. The van der Waals surface area contributed by atoms with Crippen LogP contribution in [0.25, 0.3) is 80.5 Å². The molecule has 0 N–H and O–H groups in total. The Kier molecular flexibility index (Phi) is 6.54. The zero-order valence-corrected chi connectivity index (χ0v) is 27.8. The molecule has 0 fully saturated rings. The van der Waals surface area contributed by atoms with Crippen molar-refractivity contribution in [1.82, 2.24) is 4.57 Å². The van der Waals surface area contributed by atoms with Crippen molar-refractivity contribution in [1.29, 1.82) is 0 Å². The second-order valence-electron chi connectivity index (χ2n) is 12.6. The van der Waals surface area contributed by atoms with E-state index in [1.165, 1.54) is 58.7 Å². The van der Waals surface area contributed by atoms with Crippen molar-refractivity contribution < 1.29 is 4.42 Å². The molecule has 0 spiro atoms. The lowest BCUT2D eigenvalue weighted by molar-refractivity contribution is 0.627. The third-order valence-electron chi connectivity index (χ3n) is 9.82. The smallest absolute Gasteiger partial charge is 0.245 e. The Balaban J connectivity index is 1.09. The molecule has 50 heavy (non-hydrogen) atoms. The maximum absolute atomic E-state index is 6.06. The highest BCUT2D eigenvalue weighted by Gasteiger charge is 2.18. The number of aromatic nitrogens is 1. The fraction of sp³-hybridized carbons (Fsp3) is 0.0222. The van der Waals surface area contributed by atoms with E-state index in [9.17, 15) is 0 Å². The summed E-state index contributed by atoms with van der Waals surface area (Å²) in [5.41, 5.74) is 8.76. The molecule has 0 bridgehead atoms. The zero-order valence-electron chi connectivity index (χ0n) is 27.0. The number of benzene rings is 7. The molecule has 10 rings (SSSR count). The molecule has 3 heterocycles. The van der Waals surface area contributed by atoms with Crippen LogP contribution in [-0.4, -0.2) is 17.5 Å². The quantitative estimate of drug-likeness (QED) is 0.164. The van der Waals surface area contributed by atoms with Gasteiger partial charge in [0.2, 0.25) is 5.88 Å². The number of nitrogens with zero attached hydrogens (tertiary/aromatic N) is 3. The number of thiophene rings is 1. The summed E-state index contributed by atoms with van der Waals surface area (Å²) in [5.74, 6) is 0.444. The predicted molar refractivity (Wildman–Crippen MR) is 214 cm³/mol. The van der Waals surface area contributed by atoms with Gasteiger partial charge in [-0.2, -0.15) is 0 Å². The largest absolute Gasteiger partial charge is 0.436 e. The Hall–Kier alpha value is -6.30. The lowest BCUT2D eigenvalue weighted by atomic mass is 9.99. The van der Waals surface area contributed by atoms with Crippen LogP contribution in [0.3, 0.4) is 0 Å². The third-order valence-corrected chi connectivity index (χ3v) is 11.0. The summed E-state index contributed by atoms with van der Waals surface area (Å²) >= 11 is 1.86. The minimum absolute atomic E-state index is 0.444. The summed E-state index contributed by atoms with van der Waals surface area (Å²) in [6.07, 6.45) is 2.66. The van der Waals surface area contributed by atoms with E-state index in [4.69, 9.17) is 9.41 Å². The second-order valence-corrected chi connectivity index (χ2v) is 13.6. The van der Waals surface area contributed by atoms with Gasteiger partial charge in [0.05, 0.1) is 16.4 Å². The van der Waals surface area contributed by atoms with Crippen molar-refractivity contribution in [3.63, 3.8) is 0 Å². The molecule has 0 aliphatic rings. The molecule has 0 aliphatic carbocycles. The van der Waals surface area contributed by atoms with E-state index in [0.29, 0.717) is 12.3 Å². The van der Waals surface area contributed by atoms with E-state index < -0.39 is 0 Å². The van der Waals surface area contributed by atoms with Gasteiger partial charge in [-0.15, -0.1) is 11.3 Å². The van der Waals surface area contributed by atoms with Crippen molar-refractivity contribution >= 4 is 99.6 Å². The molecule has 0 aliphatic heterocycles. The Bertz CT molecular complexity index is 2980. The van der Waals surface area contributed by atoms with Crippen LogP contribution in [0, 0.1) is 0 Å². The minimum atomic E-state index is 0.444. The van der Waals surface area contributed by atoms with Crippen molar-refractivity contribution in [2.75, 3.05) is 0 Å². The van der Waals surface area contributed by atoms with Gasteiger partial charge in [-0.3, -0.25) is 4.99 Å². The molecule has 0 saturated heterocycles. The van der Waals surface area contributed by atoms with E-state index in [1.807, 2.05) is 35.8 Å². The number of para-hydroxylation sites is 2. The molecule has 0 unspecified atom stereocenters. The Morgan fingerprint density at radius 2 is 1.44 bits per heavy atom. The van der Waals surface area contributed by atoms with E-state index in [1.54, 1.807) is 0 Å². The molecule has 7 aromatic carbocycles. The number of aliphatic imine (C=N–C) groups is 2. The first-order chi connectivity index (χ1) is 24.8. The van der Waals surface area contributed by atoms with Crippen molar-refractivity contribution in [2.45, 2.75) is 6.42 Å². The highest BCUT2D eigenvalue weighted by atomic mass is 32.1. The molecule has 4 nitrogen and oxygen atoms in total. The average Bonchev–Trinajstić information content (AvgIpc) is 3.84. The van der Waals surface area contributed by atoms with Gasteiger partial charge in [-0.1, -0.05) is 109 Å². The van der Waals surface area contributed by atoms with Gasteiger partial charge >= 0.3 is 0 Å². The van der Waals surface area contributed by atoms with E-state index in [0.717, 1.165) is 33.1 Å². The summed E-state index contributed by atoms with van der Waals surface area (Å²) in [7, 11) is 0. The van der Waals surface area contributed by atoms with Crippen LogP contribution in [0.15, 0.2) is 160 Å². The van der Waals surface area contributed by atoms with Gasteiger partial charge in [-0.05, 0) is 70.6 Å². The lowest BCUT2D eigenvalue weighted by Gasteiger charge is -2.09. The van der Waals surface area contributed by atoms with Crippen molar-refractivity contribution in [2.24, 2.45) is 9.98 Å². The maximum atomic E-state index is 6.06. The highest BCUT2D eigenvalue weighted by Crippen LogP contribution is 2.44. The van der Waals surface area contributed by atoms with Gasteiger partial charge in [0.1, 0.15) is 11.3 Å². The molecule has 236 valence electrons. The van der Waals surface area contributed by atoms with Crippen LogP contribution in [-0.2, 0) is 6.42 Å². The lowest BCUT2D eigenvalue weighted by Crippen LogP contribution is -1.93. The number of hydrogen-bond donors (Lipinski definition) is 0. The zero-order chi connectivity index (χ0) is 33.2. The minimum Gasteiger partial charge on any atom is -0.436 e. The molecular formula is C45H29N3OS. The summed E-state index contributed by atoms with van der Waals surface area (Å²) in [5, 5.41) is 8.26. The van der Waals surface area contributed by atoms with Crippen LogP contribution < -0.4 is 0 Å². The normalized spacial score (nSPS) is 12.1. The van der Waals surface area contributed by atoms with Gasteiger partial charge < -0.3 is 8.98 Å². The molecular weight excluding hydrogens is 631 g/mol. The first-order valence-corrected chi connectivity index (χ1v) is 17.5. The van der Waals surface area contributed by atoms with Crippen molar-refractivity contribution in [3.05, 3.63) is 151 Å². The highest BCUT2D eigenvalue weighted by molar-refractivity contribution is 7.26. The third kappa shape index (κ3) is 4.37. The standard InChI is InChI=1S/C45H29N3OS/c1-46-45-43(42-32-15-6-5-11-28(32)22-24-39(42)49-45)47-26-25-29-12-9-20-40-41(29)36-18-10-17-33(44(36)50-40)30-21-23-35-34-16-7-8-19-37(34)48(38(35)27-30)31-13-3-2-4-14-31/h2-24,26-27H,1,25H2. The van der Waals surface area contributed by atoms with Gasteiger partial charge in [0.25, 0.3) is 0 Å². The van der Waals surface area contributed by atoms with Gasteiger partial charge in [-0.25, -0.2) is 4.99 Å². The summed E-state index contributed by atoms with van der Waals surface area (Å²) in [6.45, 7) is 3.76. The Morgan fingerprint density at radius 3 is 2.34 bits per heavy atom. The summed E-state index contributed by atoms with van der Waals surface area (Å²) in [4.78, 5) is 9.16. The van der Waals surface area contributed by atoms with E-state index >= 15 is 0 Å². The second kappa shape index (κ2) is 11.4. The van der Waals surface area contributed by atoms with Gasteiger partial charge in [0, 0.05) is 49.3 Å². The van der Waals surface area contributed by atoms with Crippen LogP contribution in [0.1, 0.15) is 5.56 Å². The molecule has 10 aromatic rings. The number of rotatable bonds is 6. The summed E-state index contributed by atoms with van der Waals surface area (Å²) < 4.78 is 11.0. The molecule has 5 heteroatoms. The SMILES string of the molecule is C=Nc1oc2ccc3ccccc3c2c1N=CCc1cccc2sc3c(-c4ccc5c6ccccc6n(-c6ccccc6)c5c4)cccc3c12. The monoisotopic (exact) mass is 659 g/mol. The van der Waals surface area contributed by atoms with Crippen LogP contribution in [0.5, 0.6) is 0 Å². The van der Waals surface area contributed by atoms with E-state index in [-0.39, 0.29) is 0 Å². The van der Waals surface area contributed by atoms with Crippen LogP contribution in [0.4, 0.5) is 11.6 Å². The number of furan rings is 1. The molecule has 3 aromatic heterocycles. The Labute approximate surface area is 291 Å². The first kappa shape index (κ1) is 28.7. The summed E-state index contributed by atoms with van der Waals surface area (Å²) in [6, 6.07) is 51.9. The Morgan fingerprint density at radius 1 is 0.660 bits per heavy atom. The predicted octanol–water partition coefficient (Wildman–Crippen LogP) is 13.0. The van der Waals surface area contributed by atoms with Crippen LogP contribution >= 0.6 is 11.3 Å². The fourth-order valence-corrected chi connectivity index (χ4v) is 8.90. The maximum Gasteiger partial charge on any atom is 0.245 e. The fourth-order valence-electron chi connectivity index (χ4n) is 7.61. The topological polar surface area (TPSA) is 42.8 Å². The van der Waals surface area contributed by atoms with Gasteiger partial charge in [0.15, 0.2) is 0 Å². The number of fused-ring (bicyclic) bond motifs is 9. The molecule has 0 amide bonds. The van der Waals surface area contributed by atoms with Crippen LogP contribution in [0.2, 0.25) is 0 Å².